The molecule has 112 valence electrons. The zero-order valence-corrected chi connectivity index (χ0v) is 11.5. The highest BCUT2D eigenvalue weighted by molar-refractivity contribution is 5.68. The summed E-state index contributed by atoms with van der Waals surface area (Å²) < 4.78 is 38.6. The monoisotopic (exact) mass is 290 g/mol. The largest absolute Gasteiger partial charge is 0.481 e. The molecule has 0 saturated carbocycles. The number of aromatic nitrogens is 1. The van der Waals surface area contributed by atoms with Crippen molar-refractivity contribution in [3.8, 4) is 0 Å². The first kappa shape index (κ1) is 16.3. The number of hydrogen-bond donors (Lipinski definition) is 2. The normalized spacial score (nSPS) is 13.9. The molecule has 0 aliphatic heterocycles. The number of rotatable bonds is 4. The van der Waals surface area contributed by atoms with E-state index in [1.54, 1.807) is 20.8 Å². The second-order valence-corrected chi connectivity index (χ2v) is 5.56. The molecule has 0 radical (unpaired) electrons. The third kappa shape index (κ3) is 4.40. The van der Waals surface area contributed by atoms with Gasteiger partial charge in [0, 0.05) is 12.2 Å². The molecule has 1 unspecified atom stereocenters. The average molecular weight is 290 g/mol. The zero-order chi connectivity index (χ0) is 15.6. The highest BCUT2D eigenvalue weighted by Gasteiger charge is 2.36. The van der Waals surface area contributed by atoms with Gasteiger partial charge in [-0.15, -0.1) is 0 Å². The van der Waals surface area contributed by atoms with Crippen LogP contribution in [0, 0.1) is 5.41 Å². The van der Waals surface area contributed by atoms with Crippen LogP contribution in [0.5, 0.6) is 0 Å². The lowest BCUT2D eigenvalue weighted by molar-refractivity contribution is -0.137. The Morgan fingerprint density at radius 3 is 2.45 bits per heavy atom. The smallest absolute Gasteiger partial charge is 0.419 e. The van der Waals surface area contributed by atoms with Crippen molar-refractivity contribution in [2.45, 2.75) is 39.4 Å². The number of carbonyl (C=O) groups is 1. The average Bonchev–Trinajstić information content (AvgIpc) is 2.25. The minimum atomic E-state index is -4.54. The lowest BCUT2D eigenvalue weighted by Gasteiger charge is -2.31. The van der Waals surface area contributed by atoms with Gasteiger partial charge in [-0.1, -0.05) is 20.8 Å². The molecular weight excluding hydrogens is 273 g/mol. The first-order valence-electron chi connectivity index (χ1n) is 6.02. The van der Waals surface area contributed by atoms with Crippen molar-refractivity contribution in [2.24, 2.45) is 5.41 Å². The summed E-state index contributed by atoms with van der Waals surface area (Å²) >= 11 is 0. The number of halogens is 3. The number of alkyl halides is 3. The van der Waals surface area contributed by atoms with Crippen molar-refractivity contribution in [1.82, 2.24) is 4.98 Å². The fourth-order valence-corrected chi connectivity index (χ4v) is 1.66. The van der Waals surface area contributed by atoms with E-state index in [2.05, 4.69) is 10.3 Å². The van der Waals surface area contributed by atoms with Crippen molar-refractivity contribution in [1.29, 1.82) is 0 Å². The number of pyridine rings is 1. The Bertz CT molecular complexity index is 481. The van der Waals surface area contributed by atoms with Crippen LogP contribution < -0.4 is 5.32 Å². The van der Waals surface area contributed by atoms with Gasteiger partial charge in [-0.3, -0.25) is 4.79 Å². The van der Waals surface area contributed by atoms with Crippen LogP contribution >= 0.6 is 0 Å². The Labute approximate surface area is 115 Å². The van der Waals surface area contributed by atoms with Crippen LogP contribution in [0.2, 0.25) is 0 Å². The van der Waals surface area contributed by atoms with Crippen LogP contribution in [0.15, 0.2) is 18.3 Å². The third-order valence-corrected chi connectivity index (χ3v) is 2.85. The molecule has 0 spiro atoms. The molecule has 1 aromatic heterocycles. The molecule has 7 heteroatoms. The standard InChI is InChI=1S/C13H17F3N2O2/c1-12(2,3)9(7-10(19)20)18-11-8(13(14,15)16)5-4-6-17-11/h4-6,9H,7H2,1-3H3,(H,17,18)(H,19,20). The Kier molecular flexibility index (Phi) is 4.62. The fraction of sp³-hybridized carbons (Fsp3) is 0.538. The van der Waals surface area contributed by atoms with E-state index >= 15 is 0 Å². The molecule has 1 rings (SSSR count). The van der Waals surface area contributed by atoms with Crippen molar-refractivity contribution in [3.63, 3.8) is 0 Å². The van der Waals surface area contributed by atoms with Crippen LogP contribution in [-0.4, -0.2) is 22.1 Å². The summed E-state index contributed by atoms with van der Waals surface area (Å²) in [6.45, 7) is 5.26. The van der Waals surface area contributed by atoms with Crippen LogP contribution in [0.4, 0.5) is 19.0 Å². The Morgan fingerprint density at radius 1 is 1.40 bits per heavy atom. The molecule has 4 nitrogen and oxygen atoms in total. The minimum absolute atomic E-state index is 0.294. The molecule has 1 aromatic rings. The Morgan fingerprint density at radius 2 is 2.00 bits per heavy atom. The molecule has 2 N–H and O–H groups in total. The summed E-state index contributed by atoms with van der Waals surface area (Å²) in [5.41, 5.74) is -1.43. The second-order valence-electron chi connectivity index (χ2n) is 5.56. The molecule has 0 fully saturated rings. The predicted molar refractivity (Wildman–Crippen MR) is 68.4 cm³/mol. The third-order valence-electron chi connectivity index (χ3n) is 2.85. The summed E-state index contributed by atoms with van der Waals surface area (Å²) in [7, 11) is 0. The highest BCUT2D eigenvalue weighted by atomic mass is 19.4. The van der Waals surface area contributed by atoms with Gasteiger partial charge >= 0.3 is 12.1 Å². The van der Waals surface area contributed by atoms with Crippen molar-refractivity contribution in [3.05, 3.63) is 23.9 Å². The molecule has 0 aliphatic carbocycles. The van der Waals surface area contributed by atoms with E-state index in [4.69, 9.17) is 5.11 Å². The van der Waals surface area contributed by atoms with Crippen LogP contribution in [0.1, 0.15) is 32.8 Å². The van der Waals surface area contributed by atoms with Crippen molar-refractivity contribution < 1.29 is 23.1 Å². The fourth-order valence-electron chi connectivity index (χ4n) is 1.66. The maximum absolute atomic E-state index is 12.9. The van der Waals surface area contributed by atoms with Gasteiger partial charge in [-0.2, -0.15) is 13.2 Å². The maximum atomic E-state index is 12.9. The molecule has 20 heavy (non-hydrogen) atoms. The number of carboxylic acid groups (broad SMARTS) is 1. The maximum Gasteiger partial charge on any atom is 0.419 e. The Hall–Kier alpha value is -1.79. The second kappa shape index (κ2) is 5.68. The predicted octanol–water partition coefficient (Wildman–Crippen LogP) is 3.40. The summed E-state index contributed by atoms with van der Waals surface area (Å²) in [6, 6.07) is 1.43. The van der Waals surface area contributed by atoms with E-state index in [1.165, 1.54) is 12.3 Å². The number of carboxylic acids is 1. The van der Waals surface area contributed by atoms with Gasteiger partial charge in [0.1, 0.15) is 5.82 Å². The van der Waals surface area contributed by atoms with Gasteiger partial charge in [-0.25, -0.2) is 4.98 Å². The summed E-state index contributed by atoms with van der Waals surface area (Å²) in [5, 5.41) is 11.5. The van der Waals surface area contributed by atoms with Gasteiger partial charge in [-0.05, 0) is 17.5 Å². The SMILES string of the molecule is CC(C)(C)C(CC(=O)O)Nc1ncccc1C(F)(F)F. The summed E-state index contributed by atoms with van der Waals surface area (Å²) in [4.78, 5) is 14.5. The highest BCUT2D eigenvalue weighted by Crippen LogP contribution is 2.35. The van der Waals surface area contributed by atoms with Crippen LogP contribution in [-0.2, 0) is 11.0 Å². The number of hydrogen-bond acceptors (Lipinski definition) is 3. The van der Waals surface area contributed by atoms with E-state index in [0.717, 1.165) is 6.07 Å². The van der Waals surface area contributed by atoms with Crippen molar-refractivity contribution in [2.75, 3.05) is 5.32 Å². The Balaban J connectivity index is 3.09. The summed E-state index contributed by atoms with van der Waals surface area (Å²) in [6.07, 6.45) is -3.60. The first-order valence-corrected chi connectivity index (χ1v) is 6.02. The van der Waals surface area contributed by atoms with E-state index in [-0.39, 0.29) is 12.2 Å². The van der Waals surface area contributed by atoms with Gasteiger partial charge in [0.05, 0.1) is 12.0 Å². The number of nitrogens with zero attached hydrogens (tertiary/aromatic N) is 1. The van der Waals surface area contributed by atoms with Crippen molar-refractivity contribution >= 4 is 11.8 Å². The zero-order valence-electron chi connectivity index (χ0n) is 11.5. The lowest BCUT2D eigenvalue weighted by atomic mass is 9.84. The lowest BCUT2D eigenvalue weighted by Crippen LogP contribution is -2.37. The van der Waals surface area contributed by atoms with Crippen LogP contribution in [0.25, 0.3) is 0 Å². The van der Waals surface area contributed by atoms with Gasteiger partial charge in [0.2, 0.25) is 0 Å². The van der Waals surface area contributed by atoms with Gasteiger partial charge in [0.15, 0.2) is 0 Å². The van der Waals surface area contributed by atoms with E-state index in [0.29, 0.717) is 0 Å². The molecule has 0 saturated heterocycles. The molecule has 0 bridgehead atoms. The van der Waals surface area contributed by atoms with E-state index in [1.807, 2.05) is 0 Å². The van der Waals surface area contributed by atoms with Crippen LogP contribution in [0.3, 0.4) is 0 Å². The molecule has 1 heterocycles. The molecule has 0 amide bonds. The minimum Gasteiger partial charge on any atom is -0.481 e. The molecule has 0 aromatic carbocycles. The van der Waals surface area contributed by atoms with E-state index < -0.39 is 29.2 Å². The molecular formula is C13H17F3N2O2. The number of anilines is 1. The molecule has 1 atom stereocenters. The van der Waals surface area contributed by atoms with Gasteiger partial charge in [0.25, 0.3) is 0 Å². The van der Waals surface area contributed by atoms with E-state index in [9.17, 15) is 18.0 Å². The first-order chi connectivity index (χ1) is 9.01. The quantitative estimate of drug-likeness (QED) is 0.892. The summed E-state index contributed by atoms with van der Waals surface area (Å²) in [5.74, 6) is -1.43. The number of nitrogens with one attached hydrogen (secondary N) is 1. The van der Waals surface area contributed by atoms with Gasteiger partial charge < -0.3 is 10.4 Å². The molecule has 0 aliphatic rings. The number of aliphatic carboxylic acids is 1. The topological polar surface area (TPSA) is 62.2 Å².